The van der Waals surface area contributed by atoms with Crippen LogP contribution in [0.5, 0.6) is 0 Å². The summed E-state index contributed by atoms with van der Waals surface area (Å²) in [5.41, 5.74) is 4.56. The first-order valence-electron chi connectivity index (χ1n) is 5.19. The molecule has 0 radical (unpaired) electrons. The minimum Gasteiger partial charge on any atom is -0.368 e. The molecule has 2 amide bonds. The predicted octanol–water partition coefficient (Wildman–Crippen LogP) is 0.504. The molecule has 0 saturated carbocycles. The second-order valence-electron chi connectivity index (χ2n) is 4.83. The highest BCUT2D eigenvalue weighted by molar-refractivity contribution is 8.04. The highest BCUT2D eigenvalue weighted by atomic mass is 32.2. The van der Waals surface area contributed by atoms with E-state index in [-0.39, 0.29) is 24.0 Å². The van der Waals surface area contributed by atoms with Gasteiger partial charge in [-0.05, 0) is 0 Å². The third-order valence-corrected chi connectivity index (χ3v) is 3.24. The van der Waals surface area contributed by atoms with Crippen LogP contribution in [0.15, 0.2) is 11.1 Å². The lowest BCUT2D eigenvalue weighted by molar-refractivity contribution is -0.130. The van der Waals surface area contributed by atoms with Crippen LogP contribution in [-0.4, -0.2) is 34.8 Å². The molecule has 0 aromatic heterocycles. The summed E-state index contributed by atoms with van der Waals surface area (Å²) < 4.78 is 0. The summed E-state index contributed by atoms with van der Waals surface area (Å²) in [6.45, 7) is 5.22. The van der Waals surface area contributed by atoms with E-state index in [1.807, 2.05) is 0 Å². The standard InChI is InChI=1S/C11H16N2O3S/c1-11(2,3)7(14)4-10-13(5-8(12)15)9(16)6-17-10/h4H,5-6H2,1-3H3,(H2,12,15)/b10-4-. The van der Waals surface area contributed by atoms with Gasteiger partial charge in [-0.15, -0.1) is 0 Å². The Hall–Kier alpha value is -1.30. The van der Waals surface area contributed by atoms with Crippen LogP contribution in [0.2, 0.25) is 0 Å². The van der Waals surface area contributed by atoms with Crippen LogP contribution < -0.4 is 5.73 Å². The second-order valence-corrected chi connectivity index (χ2v) is 5.83. The van der Waals surface area contributed by atoms with Crippen LogP contribution in [-0.2, 0) is 14.4 Å². The highest BCUT2D eigenvalue weighted by Crippen LogP contribution is 2.30. The Bertz CT molecular complexity index is 396. The molecular formula is C11H16N2O3S. The molecule has 17 heavy (non-hydrogen) atoms. The van der Waals surface area contributed by atoms with Crippen molar-refractivity contribution in [3.05, 3.63) is 11.1 Å². The maximum absolute atomic E-state index is 11.8. The van der Waals surface area contributed by atoms with Crippen molar-refractivity contribution in [3.8, 4) is 0 Å². The van der Waals surface area contributed by atoms with E-state index in [0.29, 0.717) is 5.03 Å². The first-order chi connectivity index (χ1) is 7.71. The molecule has 2 N–H and O–H groups in total. The van der Waals surface area contributed by atoms with Gasteiger partial charge in [-0.3, -0.25) is 19.3 Å². The van der Waals surface area contributed by atoms with Gasteiger partial charge in [0.1, 0.15) is 6.54 Å². The smallest absolute Gasteiger partial charge is 0.238 e. The van der Waals surface area contributed by atoms with Gasteiger partial charge in [0.05, 0.1) is 10.8 Å². The van der Waals surface area contributed by atoms with E-state index in [1.54, 1.807) is 20.8 Å². The fourth-order valence-electron chi connectivity index (χ4n) is 1.18. The third kappa shape index (κ3) is 3.59. The molecule has 0 unspecified atom stereocenters. The molecule has 0 atom stereocenters. The fourth-order valence-corrected chi connectivity index (χ4v) is 2.12. The van der Waals surface area contributed by atoms with Crippen molar-refractivity contribution in [2.75, 3.05) is 12.3 Å². The molecule has 0 spiro atoms. The number of thioether (sulfide) groups is 1. The summed E-state index contributed by atoms with van der Waals surface area (Å²) >= 11 is 1.25. The number of ketones is 1. The van der Waals surface area contributed by atoms with E-state index in [4.69, 9.17) is 5.73 Å². The number of rotatable bonds is 3. The Labute approximate surface area is 104 Å². The van der Waals surface area contributed by atoms with Gasteiger partial charge >= 0.3 is 0 Å². The molecule has 1 heterocycles. The van der Waals surface area contributed by atoms with Crippen LogP contribution in [0.1, 0.15) is 20.8 Å². The number of primary amides is 1. The number of nitrogens with two attached hydrogens (primary N) is 1. The number of carbonyl (C=O) groups excluding carboxylic acids is 3. The molecule has 0 bridgehead atoms. The van der Waals surface area contributed by atoms with Gasteiger partial charge in [-0.25, -0.2) is 0 Å². The van der Waals surface area contributed by atoms with Gasteiger partial charge in [0, 0.05) is 11.5 Å². The van der Waals surface area contributed by atoms with Gasteiger partial charge in [0.15, 0.2) is 5.78 Å². The van der Waals surface area contributed by atoms with E-state index < -0.39 is 11.3 Å². The lowest BCUT2D eigenvalue weighted by Crippen LogP contribution is -2.34. The minimum atomic E-state index is -0.588. The lowest BCUT2D eigenvalue weighted by Gasteiger charge is -2.17. The average Bonchev–Trinajstić information content (AvgIpc) is 2.47. The molecule has 1 rings (SSSR count). The van der Waals surface area contributed by atoms with E-state index in [1.165, 1.54) is 22.7 Å². The zero-order valence-electron chi connectivity index (χ0n) is 10.1. The van der Waals surface area contributed by atoms with Crippen molar-refractivity contribution in [2.45, 2.75) is 20.8 Å². The molecule has 0 aromatic carbocycles. The molecule has 6 heteroatoms. The summed E-state index contributed by atoms with van der Waals surface area (Å²) in [6.07, 6.45) is 1.42. The van der Waals surface area contributed by atoms with Crippen molar-refractivity contribution in [1.82, 2.24) is 4.90 Å². The normalized spacial score (nSPS) is 18.9. The van der Waals surface area contributed by atoms with Crippen molar-refractivity contribution in [2.24, 2.45) is 11.1 Å². The summed E-state index contributed by atoms with van der Waals surface area (Å²) in [5, 5.41) is 0.508. The quantitative estimate of drug-likeness (QED) is 0.746. The summed E-state index contributed by atoms with van der Waals surface area (Å²) in [4.78, 5) is 35.4. The van der Waals surface area contributed by atoms with Gasteiger partial charge in [-0.1, -0.05) is 32.5 Å². The van der Waals surface area contributed by atoms with Crippen LogP contribution >= 0.6 is 11.8 Å². The van der Waals surface area contributed by atoms with Crippen molar-refractivity contribution in [1.29, 1.82) is 0 Å². The number of amides is 2. The summed E-state index contributed by atoms with van der Waals surface area (Å²) in [7, 11) is 0. The van der Waals surface area contributed by atoms with Crippen molar-refractivity contribution in [3.63, 3.8) is 0 Å². The van der Waals surface area contributed by atoms with Crippen LogP contribution in [0.4, 0.5) is 0 Å². The Morgan fingerprint density at radius 3 is 2.53 bits per heavy atom. The first-order valence-corrected chi connectivity index (χ1v) is 6.18. The predicted molar refractivity (Wildman–Crippen MR) is 65.9 cm³/mol. The monoisotopic (exact) mass is 256 g/mol. The van der Waals surface area contributed by atoms with E-state index in [0.717, 1.165) is 0 Å². The Morgan fingerprint density at radius 2 is 2.06 bits per heavy atom. The Balaban J connectivity index is 2.89. The zero-order chi connectivity index (χ0) is 13.2. The van der Waals surface area contributed by atoms with E-state index in [2.05, 4.69) is 0 Å². The molecule has 1 fully saturated rings. The molecule has 1 saturated heterocycles. The molecule has 1 aliphatic rings. The van der Waals surface area contributed by atoms with Crippen LogP contribution in [0.25, 0.3) is 0 Å². The maximum atomic E-state index is 11.8. The molecule has 0 aliphatic carbocycles. The van der Waals surface area contributed by atoms with E-state index in [9.17, 15) is 14.4 Å². The molecular weight excluding hydrogens is 240 g/mol. The molecule has 0 aromatic rings. The number of hydrogen-bond acceptors (Lipinski definition) is 4. The Kier molecular flexibility index (Phi) is 3.98. The fraction of sp³-hybridized carbons (Fsp3) is 0.545. The van der Waals surface area contributed by atoms with Gasteiger partial charge in [-0.2, -0.15) is 0 Å². The largest absolute Gasteiger partial charge is 0.368 e. The summed E-state index contributed by atoms with van der Waals surface area (Å²) in [6, 6.07) is 0. The van der Waals surface area contributed by atoms with Crippen molar-refractivity contribution >= 4 is 29.4 Å². The molecule has 5 nitrogen and oxygen atoms in total. The SMILES string of the molecule is CC(C)(C)C(=O)/C=C1\SCC(=O)N1CC(N)=O. The number of carbonyl (C=O) groups is 3. The van der Waals surface area contributed by atoms with E-state index >= 15 is 0 Å². The van der Waals surface area contributed by atoms with Gasteiger partial charge in [0.25, 0.3) is 0 Å². The number of nitrogens with zero attached hydrogens (tertiary/aromatic N) is 1. The summed E-state index contributed by atoms with van der Waals surface area (Å²) in [5.74, 6) is -0.614. The topological polar surface area (TPSA) is 80.5 Å². The molecule has 1 aliphatic heterocycles. The van der Waals surface area contributed by atoms with Crippen LogP contribution in [0.3, 0.4) is 0 Å². The average molecular weight is 256 g/mol. The van der Waals surface area contributed by atoms with Crippen molar-refractivity contribution < 1.29 is 14.4 Å². The minimum absolute atomic E-state index is 0.0795. The first kappa shape index (κ1) is 13.8. The third-order valence-electron chi connectivity index (χ3n) is 2.22. The highest BCUT2D eigenvalue weighted by Gasteiger charge is 2.30. The van der Waals surface area contributed by atoms with Gasteiger partial charge in [0.2, 0.25) is 11.8 Å². The maximum Gasteiger partial charge on any atom is 0.238 e. The van der Waals surface area contributed by atoms with Crippen LogP contribution in [0, 0.1) is 5.41 Å². The number of hydrogen-bond donors (Lipinski definition) is 1. The Morgan fingerprint density at radius 1 is 1.47 bits per heavy atom. The van der Waals surface area contributed by atoms with Gasteiger partial charge < -0.3 is 5.73 Å². The zero-order valence-corrected chi connectivity index (χ0v) is 11.0. The lowest BCUT2D eigenvalue weighted by atomic mass is 9.91. The second kappa shape index (κ2) is 4.91. The number of allylic oxidation sites excluding steroid dienone is 1. The molecule has 94 valence electrons.